The van der Waals surface area contributed by atoms with Gasteiger partial charge in [0, 0.05) is 44.1 Å². The fraction of sp³-hybridized carbons (Fsp3) is 0.375. The van der Waals surface area contributed by atoms with Crippen LogP contribution in [0.2, 0.25) is 0 Å². The van der Waals surface area contributed by atoms with Gasteiger partial charge in [0.05, 0.1) is 0 Å². The van der Waals surface area contributed by atoms with E-state index in [1.165, 1.54) is 0 Å². The Kier molecular flexibility index (Phi) is 6.21. The maximum Gasteiger partial charge on any atom is 0.274 e. The zero-order chi connectivity index (χ0) is 21.8. The lowest BCUT2D eigenvalue weighted by atomic mass is 10.0. The molecule has 2 amide bonds. The van der Waals surface area contributed by atoms with Crippen LogP contribution in [-0.4, -0.2) is 51.1 Å². The Labute approximate surface area is 182 Å². The number of nitrogens with one attached hydrogen (secondary N) is 2. The van der Waals surface area contributed by atoms with Gasteiger partial charge in [-0.05, 0) is 49.8 Å². The predicted molar refractivity (Wildman–Crippen MR) is 119 cm³/mol. The number of carbonyl (C=O) groups excluding carboxylic acids is 2. The van der Waals surface area contributed by atoms with Gasteiger partial charge < -0.3 is 14.8 Å². The molecular formula is C24H29N5O2. The summed E-state index contributed by atoms with van der Waals surface area (Å²) < 4.78 is 1.80. The van der Waals surface area contributed by atoms with E-state index in [1.807, 2.05) is 44.6 Å². The van der Waals surface area contributed by atoms with E-state index >= 15 is 0 Å². The summed E-state index contributed by atoms with van der Waals surface area (Å²) in [5, 5.41) is 10.3. The highest BCUT2D eigenvalue weighted by molar-refractivity contribution is 5.94. The average molecular weight is 420 g/mol. The third kappa shape index (κ3) is 4.55. The van der Waals surface area contributed by atoms with E-state index < -0.39 is 0 Å². The van der Waals surface area contributed by atoms with E-state index in [0.717, 1.165) is 42.5 Å². The lowest BCUT2D eigenvalue weighted by Gasteiger charge is -2.28. The number of benzene rings is 1. The second-order valence-corrected chi connectivity index (χ2v) is 8.19. The van der Waals surface area contributed by atoms with Gasteiger partial charge in [-0.1, -0.05) is 30.3 Å². The summed E-state index contributed by atoms with van der Waals surface area (Å²) in [6.45, 7) is 0.484. The van der Waals surface area contributed by atoms with Crippen molar-refractivity contribution in [2.75, 3.05) is 13.6 Å². The predicted octanol–water partition coefficient (Wildman–Crippen LogP) is 2.74. The van der Waals surface area contributed by atoms with Gasteiger partial charge >= 0.3 is 0 Å². The normalized spacial score (nSPS) is 13.6. The fourth-order valence-electron chi connectivity index (χ4n) is 4.29. The average Bonchev–Trinajstić information content (AvgIpc) is 3.50. The van der Waals surface area contributed by atoms with Crippen LogP contribution in [0.25, 0.3) is 0 Å². The van der Waals surface area contributed by atoms with Crippen molar-refractivity contribution in [2.24, 2.45) is 7.05 Å². The Hall–Kier alpha value is -3.35. The van der Waals surface area contributed by atoms with Crippen molar-refractivity contribution in [1.29, 1.82) is 0 Å². The van der Waals surface area contributed by atoms with E-state index in [2.05, 4.69) is 27.6 Å². The number of aryl methyl sites for hydroxylation is 2. The minimum absolute atomic E-state index is 0.0580. The topological polar surface area (TPSA) is 83.0 Å². The Bertz CT molecular complexity index is 1050. The van der Waals surface area contributed by atoms with Crippen LogP contribution >= 0.6 is 0 Å². The van der Waals surface area contributed by atoms with Crippen LogP contribution in [0.4, 0.5) is 0 Å². The molecule has 1 aromatic carbocycles. The lowest BCUT2D eigenvalue weighted by Crippen LogP contribution is -2.41. The van der Waals surface area contributed by atoms with Gasteiger partial charge in [-0.3, -0.25) is 14.7 Å². The molecule has 0 spiro atoms. The van der Waals surface area contributed by atoms with Crippen molar-refractivity contribution >= 4 is 11.8 Å². The van der Waals surface area contributed by atoms with Gasteiger partial charge in [-0.2, -0.15) is 5.10 Å². The third-order valence-electron chi connectivity index (χ3n) is 6.13. The third-order valence-corrected chi connectivity index (χ3v) is 6.13. The maximum absolute atomic E-state index is 13.3. The molecule has 31 heavy (non-hydrogen) atoms. The number of aromatic nitrogens is 3. The van der Waals surface area contributed by atoms with E-state index in [9.17, 15) is 9.59 Å². The summed E-state index contributed by atoms with van der Waals surface area (Å²) in [6, 6.07) is 13.7. The molecule has 0 fully saturated rings. The second kappa shape index (κ2) is 9.20. The van der Waals surface area contributed by atoms with Crippen LogP contribution in [0.3, 0.4) is 0 Å². The molecule has 1 aliphatic rings. The monoisotopic (exact) mass is 419 g/mol. The summed E-state index contributed by atoms with van der Waals surface area (Å²) in [6.07, 6.45) is 6.14. The Morgan fingerprint density at radius 3 is 2.74 bits per heavy atom. The molecule has 1 unspecified atom stereocenters. The van der Waals surface area contributed by atoms with Crippen LogP contribution in [0, 0.1) is 0 Å². The first kappa shape index (κ1) is 20.9. The number of hydrogen-bond donors (Lipinski definition) is 2. The zero-order valence-electron chi connectivity index (χ0n) is 18.1. The highest BCUT2D eigenvalue weighted by Crippen LogP contribution is 2.24. The van der Waals surface area contributed by atoms with E-state index in [0.29, 0.717) is 24.4 Å². The molecule has 0 radical (unpaired) electrons. The molecule has 162 valence electrons. The molecule has 0 bridgehead atoms. The smallest absolute Gasteiger partial charge is 0.274 e. The summed E-state index contributed by atoms with van der Waals surface area (Å²) >= 11 is 0. The van der Waals surface area contributed by atoms with Crippen LogP contribution < -0.4 is 5.32 Å². The van der Waals surface area contributed by atoms with Gasteiger partial charge in [0.2, 0.25) is 0 Å². The van der Waals surface area contributed by atoms with Crippen molar-refractivity contribution in [3.05, 3.63) is 76.9 Å². The van der Waals surface area contributed by atoms with E-state index in [1.54, 1.807) is 15.5 Å². The molecule has 0 saturated heterocycles. The minimum Gasteiger partial charge on any atom is -0.351 e. The zero-order valence-corrected chi connectivity index (χ0v) is 18.1. The van der Waals surface area contributed by atoms with Crippen LogP contribution in [0.5, 0.6) is 0 Å². The maximum atomic E-state index is 13.3. The number of H-pyrrole nitrogens is 1. The Morgan fingerprint density at radius 2 is 2.00 bits per heavy atom. The quantitative estimate of drug-likeness (QED) is 0.589. The number of nitrogens with zero attached hydrogens (tertiary/aromatic N) is 3. The van der Waals surface area contributed by atoms with Crippen LogP contribution in [0.1, 0.15) is 50.6 Å². The fourth-order valence-corrected chi connectivity index (χ4v) is 4.29. The number of rotatable bonds is 8. The number of aromatic amines is 1. The highest BCUT2D eigenvalue weighted by atomic mass is 16.2. The molecule has 4 rings (SSSR count). The summed E-state index contributed by atoms with van der Waals surface area (Å²) in [5.74, 6) is -0.167. The molecule has 0 aliphatic heterocycles. The SMILES string of the molecule is CN(C(=O)c1n[nH]c2c1CCC2)C(CCNC(=O)c1cccn1C)Cc1ccccc1. The van der Waals surface area contributed by atoms with E-state index in [-0.39, 0.29) is 17.9 Å². The molecule has 1 atom stereocenters. The van der Waals surface area contributed by atoms with Gasteiger partial charge in [-0.25, -0.2) is 0 Å². The highest BCUT2D eigenvalue weighted by Gasteiger charge is 2.28. The summed E-state index contributed by atoms with van der Waals surface area (Å²) in [7, 11) is 3.69. The lowest BCUT2D eigenvalue weighted by molar-refractivity contribution is 0.0715. The van der Waals surface area contributed by atoms with Crippen LogP contribution in [0.15, 0.2) is 48.7 Å². The van der Waals surface area contributed by atoms with Crippen molar-refractivity contribution < 1.29 is 9.59 Å². The van der Waals surface area contributed by atoms with Gasteiger partial charge in [-0.15, -0.1) is 0 Å². The number of likely N-dealkylation sites (N-methyl/N-ethyl adjacent to an activating group) is 1. The molecule has 2 N–H and O–H groups in total. The summed E-state index contributed by atoms with van der Waals surface area (Å²) in [4.78, 5) is 27.5. The molecule has 7 heteroatoms. The number of hydrogen-bond acceptors (Lipinski definition) is 3. The summed E-state index contributed by atoms with van der Waals surface area (Å²) in [5.41, 5.74) is 4.48. The van der Waals surface area contributed by atoms with Crippen molar-refractivity contribution in [3.63, 3.8) is 0 Å². The van der Waals surface area contributed by atoms with E-state index in [4.69, 9.17) is 0 Å². The number of carbonyl (C=O) groups is 2. The number of amides is 2. The van der Waals surface area contributed by atoms with Gasteiger partial charge in [0.1, 0.15) is 5.69 Å². The van der Waals surface area contributed by atoms with Gasteiger partial charge in [0.25, 0.3) is 11.8 Å². The molecular weight excluding hydrogens is 390 g/mol. The molecule has 7 nitrogen and oxygen atoms in total. The van der Waals surface area contributed by atoms with Crippen molar-refractivity contribution in [1.82, 2.24) is 25.0 Å². The Morgan fingerprint density at radius 1 is 1.19 bits per heavy atom. The first-order valence-electron chi connectivity index (χ1n) is 10.8. The largest absolute Gasteiger partial charge is 0.351 e. The number of fused-ring (bicyclic) bond motifs is 1. The standard InChI is InChI=1S/C24H29N5O2/c1-28-15-7-12-21(28)23(30)25-14-13-18(16-17-8-4-3-5-9-17)29(2)24(31)22-19-10-6-11-20(19)26-27-22/h3-5,7-9,12,15,18H,6,10-11,13-14,16H2,1-2H3,(H,25,30)(H,26,27). The molecule has 2 heterocycles. The molecule has 3 aromatic rings. The second-order valence-electron chi connectivity index (χ2n) is 8.19. The first-order chi connectivity index (χ1) is 15.0. The minimum atomic E-state index is -0.106. The first-order valence-corrected chi connectivity index (χ1v) is 10.8. The van der Waals surface area contributed by atoms with Crippen molar-refractivity contribution in [3.8, 4) is 0 Å². The van der Waals surface area contributed by atoms with Crippen molar-refractivity contribution in [2.45, 2.75) is 38.1 Å². The molecule has 2 aromatic heterocycles. The molecule has 0 saturated carbocycles. The molecule has 1 aliphatic carbocycles. The van der Waals surface area contributed by atoms with Gasteiger partial charge in [0.15, 0.2) is 5.69 Å². The van der Waals surface area contributed by atoms with Crippen LogP contribution in [-0.2, 0) is 26.3 Å². The Balaban J connectivity index is 1.46.